The number of rotatable bonds is 4. The van der Waals surface area contributed by atoms with Gasteiger partial charge in [0.2, 0.25) is 0 Å². The largest absolute Gasteiger partial charge is 0.478 e. The summed E-state index contributed by atoms with van der Waals surface area (Å²) in [4.78, 5) is 15.6. The maximum atomic E-state index is 11.3. The number of ether oxygens (including phenoxy) is 1. The number of carboxylic acids is 1. The van der Waals surface area contributed by atoms with Crippen LogP contribution in [0.4, 0.5) is 5.69 Å². The predicted molar refractivity (Wildman–Crippen MR) is 72.7 cm³/mol. The average Bonchev–Trinajstić information content (AvgIpc) is 2.75. The molecule has 2 rings (SSSR count). The topological polar surface area (TPSA) is 71.5 Å². The molecule has 1 aliphatic carbocycles. The van der Waals surface area contributed by atoms with Crippen molar-refractivity contribution in [1.29, 1.82) is 0 Å². The predicted octanol–water partition coefficient (Wildman–Crippen LogP) is 2.38. The van der Waals surface area contributed by atoms with Crippen molar-refractivity contribution in [3.8, 4) is 0 Å². The van der Waals surface area contributed by atoms with Crippen LogP contribution in [0.3, 0.4) is 0 Å². The van der Waals surface area contributed by atoms with Crippen molar-refractivity contribution >= 4 is 11.7 Å². The van der Waals surface area contributed by atoms with Crippen molar-refractivity contribution in [2.75, 3.05) is 12.4 Å². The third-order valence-corrected chi connectivity index (χ3v) is 3.62. The van der Waals surface area contributed by atoms with E-state index in [1.807, 2.05) is 6.92 Å². The van der Waals surface area contributed by atoms with Gasteiger partial charge in [-0.15, -0.1) is 0 Å². The molecule has 0 spiro atoms. The van der Waals surface area contributed by atoms with Crippen LogP contribution in [-0.2, 0) is 4.74 Å². The molecule has 0 aromatic carbocycles. The maximum Gasteiger partial charge on any atom is 0.339 e. The first-order valence-corrected chi connectivity index (χ1v) is 6.52. The fourth-order valence-electron chi connectivity index (χ4n) is 2.72. The van der Waals surface area contributed by atoms with Crippen LogP contribution in [0, 0.1) is 13.8 Å². The lowest BCUT2D eigenvalue weighted by molar-refractivity contribution is 0.0696. The molecule has 0 aliphatic heterocycles. The molecule has 5 heteroatoms. The molecule has 0 amide bonds. The van der Waals surface area contributed by atoms with E-state index in [0.29, 0.717) is 11.4 Å². The second-order valence-electron chi connectivity index (χ2n) is 5.09. The molecule has 104 valence electrons. The Morgan fingerprint density at radius 1 is 1.47 bits per heavy atom. The van der Waals surface area contributed by atoms with Gasteiger partial charge in [-0.25, -0.2) is 4.79 Å². The lowest BCUT2D eigenvalue weighted by Crippen LogP contribution is -2.20. The molecular formula is C14H20N2O3. The summed E-state index contributed by atoms with van der Waals surface area (Å²) < 4.78 is 5.34. The van der Waals surface area contributed by atoms with Gasteiger partial charge in [0.1, 0.15) is 5.56 Å². The van der Waals surface area contributed by atoms with Gasteiger partial charge in [0, 0.05) is 18.8 Å². The number of hydrogen-bond acceptors (Lipinski definition) is 4. The highest BCUT2D eigenvalue weighted by atomic mass is 16.5. The Morgan fingerprint density at radius 2 is 2.21 bits per heavy atom. The van der Waals surface area contributed by atoms with Gasteiger partial charge >= 0.3 is 5.97 Å². The van der Waals surface area contributed by atoms with Crippen molar-refractivity contribution in [3.63, 3.8) is 0 Å². The molecule has 1 aromatic heterocycles. The van der Waals surface area contributed by atoms with Gasteiger partial charge in [-0.05, 0) is 39.2 Å². The van der Waals surface area contributed by atoms with E-state index in [2.05, 4.69) is 10.3 Å². The number of methoxy groups -OCH3 is 1. The van der Waals surface area contributed by atoms with Crippen LogP contribution in [-0.4, -0.2) is 35.3 Å². The molecular weight excluding hydrogens is 244 g/mol. The molecule has 0 saturated heterocycles. The molecule has 1 saturated carbocycles. The number of aromatic nitrogens is 1. The fraction of sp³-hybridized carbons (Fsp3) is 0.571. The Hall–Kier alpha value is -1.62. The van der Waals surface area contributed by atoms with Gasteiger partial charge in [-0.1, -0.05) is 0 Å². The van der Waals surface area contributed by atoms with Crippen LogP contribution in [0.1, 0.15) is 41.0 Å². The molecule has 1 aromatic rings. The SMILES string of the molecule is COC1CCC(Nc2cc(C)nc(C)c2C(=O)O)C1. The Kier molecular flexibility index (Phi) is 4.04. The quantitative estimate of drug-likeness (QED) is 0.873. The summed E-state index contributed by atoms with van der Waals surface area (Å²) in [6, 6.07) is 2.07. The minimum absolute atomic E-state index is 0.268. The molecule has 1 fully saturated rings. The number of aryl methyl sites for hydroxylation is 2. The Morgan fingerprint density at radius 3 is 2.79 bits per heavy atom. The van der Waals surface area contributed by atoms with E-state index < -0.39 is 5.97 Å². The minimum Gasteiger partial charge on any atom is -0.478 e. The van der Waals surface area contributed by atoms with Crippen LogP contribution in [0.2, 0.25) is 0 Å². The lowest BCUT2D eigenvalue weighted by Gasteiger charge is -2.17. The summed E-state index contributed by atoms with van der Waals surface area (Å²) >= 11 is 0. The summed E-state index contributed by atoms with van der Waals surface area (Å²) in [7, 11) is 1.72. The second-order valence-corrected chi connectivity index (χ2v) is 5.09. The van der Waals surface area contributed by atoms with Crippen molar-refractivity contribution in [1.82, 2.24) is 4.98 Å². The van der Waals surface area contributed by atoms with E-state index >= 15 is 0 Å². The highest BCUT2D eigenvalue weighted by Crippen LogP contribution is 2.27. The summed E-state index contributed by atoms with van der Waals surface area (Å²) in [6.07, 6.45) is 3.20. The van der Waals surface area contributed by atoms with E-state index in [1.165, 1.54) is 0 Å². The van der Waals surface area contributed by atoms with Crippen LogP contribution in [0.25, 0.3) is 0 Å². The van der Waals surface area contributed by atoms with Crippen LogP contribution >= 0.6 is 0 Å². The van der Waals surface area contributed by atoms with Gasteiger partial charge in [0.15, 0.2) is 0 Å². The van der Waals surface area contributed by atoms with Crippen molar-refractivity contribution in [2.45, 2.75) is 45.3 Å². The summed E-state index contributed by atoms with van der Waals surface area (Å²) in [5.41, 5.74) is 2.31. The molecule has 2 N–H and O–H groups in total. The normalized spacial score (nSPS) is 22.5. The van der Waals surface area contributed by atoms with E-state index in [4.69, 9.17) is 4.74 Å². The van der Waals surface area contributed by atoms with E-state index in [9.17, 15) is 9.90 Å². The number of carboxylic acid groups (broad SMARTS) is 1. The van der Waals surface area contributed by atoms with E-state index in [1.54, 1.807) is 20.1 Å². The van der Waals surface area contributed by atoms with Crippen LogP contribution in [0.5, 0.6) is 0 Å². The summed E-state index contributed by atoms with van der Waals surface area (Å²) in [5.74, 6) is -0.936. The number of anilines is 1. The molecule has 1 heterocycles. The third kappa shape index (κ3) is 3.04. The number of carbonyl (C=O) groups is 1. The van der Waals surface area contributed by atoms with Gasteiger partial charge < -0.3 is 15.2 Å². The molecule has 0 bridgehead atoms. The van der Waals surface area contributed by atoms with Crippen molar-refractivity contribution in [3.05, 3.63) is 23.0 Å². The standard InChI is InChI=1S/C14H20N2O3/c1-8-6-12(13(14(17)18)9(2)15-8)16-10-4-5-11(7-10)19-3/h6,10-11H,4-5,7H2,1-3H3,(H,15,16)(H,17,18). The summed E-state index contributed by atoms with van der Waals surface area (Å²) in [6.45, 7) is 3.60. The summed E-state index contributed by atoms with van der Waals surface area (Å²) in [5, 5.41) is 12.6. The number of nitrogens with zero attached hydrogens (tertiary/aromatic N) is 1. The maximum absolute atomic E-state index is 11.3. The smallest absolute Gasteiger partial charge is 0.339 e. The van der Waals surface area contributed by atoms with Crippen LogP contribution in [0.15, 0.2) is 6.07 Å². The van der Waals surface area contributed by atoms with Crippen molar-refractivity contribution in [2.24, 2.45) is 0 Å². The van der Waals surface area contributed by atoms with E-state index in [0.717, 1.165) is 25.0 Å². The first-order chi connectivity index (χ1) is 9.01. The molecule has 0 radical (unpaired) electrons. The average molecular weight is 264 g/mol. The third-order valence-electron chi connectivity index (χ3n) is 3.62. The zero-order valence-electron chi connectivity index (χ0n) is 11.6. The fourth-order valence-corrected chi connectivity index (χ4v) is 2.72. The number of nitrogens with one attached hydrogen (secondary N) is 1. The van der Waals surface area contributed by atoms with Gasteiger partial charge in [0.05, 0.1) is 17.5 Å². The zero-order chi connectivity index (χ0) is 14.0. The highest BCUT2D eigenvalue weighted by Gasteiger charge is 2.26. The van der Waals surface area contributed by atoms with Gasteiger partial charge in [0.25, 0.3) is 0 Å². The van der Waals surface area contributed by atoms with E-state index in [-0.39, 0.29) is 17.7 Å². The molecule has 2 atom stereocenters. The Bertz CT molecular complexity index is 488. The Balaban J connectivity index is 2.22. The monoisotopic (exact) mass is 264 g/mol. The zero-order valence-corrected chi connectivity index (χ0v) is 11.6. The first-order valence-electron chi connectivity index (χ1n) is 6.52. The van der Waals surface area contributed by atoms with Gasteiger partial charge in [-0.2, -0.15) is 0 Å². The molecule has 5 nitrogen and oxygen atoms in total. The lowest BCUT2D eigenvalue weighted by atomic mass is 10.1. The number of hydrogen-bond donors (Lipinski definition) is 2. The highest BCUT2D eigenvalue weighted by molar-refractivity contribution is 5.95. The first kappa shape index (κ1) is 13.8. The van der Waals surface area contributed by atoms with Crippen molar-refractivity contribution < 1.29 is 14.6 Å². The molecule has 2 unspecified atom stereocenters. The second kappa shape index (κ2) is 5.57. The van der Waals surface area contributed by atoms with Gasteiger partial charge in [-0.3, -0.25) is 4.98 Å². The molecule has 19 heavy (non-hydrogen) atoms. The number of pyridine rings is 1. The molecule has 1 aliphatic rings. The number of aromatic carboxylic acids is 1. The minimum atomic E-state index is -0.936. The Labute approximate surface area is 113 Å². The van der Waals surface area contributed by atoms with Crippen LogP contribution < -0.4 is 5.32 Å².